The molecule has 3 rings (SSSR count). The van der Waals surface area contributed by atoms with E-state index in [0.29, 0.717) is 18.9 Å². The predicted molar refractivity (Wildman–Crippen MR) is 80.0 cm³/mol. The Morgan fingerprint density at radius 1 is 1.48 bits per heavy atom. The number of oxazole rings is 1. The molecular weight excluding hydrogens is 266 g/mol. The van der Waals surface area contributed by atoms with Gasteiger partial charge in [0.05, 0.1) is 12.7 Å². The van der Waals surface area contributed by atoms with E-state index in [0.717, 1.165) is 24.4 Å². The Morgan fingerprint density at radius 2 is 2.33 bits per heavy atom. The molecule has 0 fully saturated rings. The van der Waals surface area contributed by atoms with Crippen LogP contribution in [0.5, 0.6) is 0 Å². The molecule has 1 unspecified atom stereocenters. The maximum atomic E-state index is 12.1. The van der Waals surface area contributed by atoms with Crippen molar-refractivity contribution in [2.75, 3.05) is 11.9 Å². The van der Waals surface area contributed by atoms with Gasteiger partial charge in [-0.3, -0.25) is 4.79 Å². The third-order valence-electron chi connectivity index (χ3n) is 3.76. The third-order valence-corrected chi connectivity index (χ3v) is 3.76. The lowest BCUT2D eigenvalue weighted by molar-refractivity contribution is -0.121. The maximum absolute atomic E-state index is 12.1. The molecule has 0 spiro atoms. The van der Waals surface area contributed by atoms with Crippen LogP contribution in [0.4, 0.5) is 5.69 Å². The molecule has 5 heteroatoms. The van der Waals surface area contributed by atoms with Gasteiger partial charge in [-0.1, -0.05) is 25.1 Å². The van der Waals surface area contributed by atoms with Crippen molar-refractivity contribution < 1.29 is 9.21 Å². The summed E-state index contributed by atoms with van der Waals surface area (Å²) >= 11 is 0. The molecule has 110 valence electrons. The number of aromatic nitrogens is 1. The van der Waals surface area contributed by atoms with Crippen molar-refractivity contribution in [2.24, 2.45) is 0 Å². The Hall–Kier alpha value is -2.30. The number of nitrogens with zero attached hydrogens (tertiary/aromatic N) is 1. The van der Waals surface area contributed by atoms with Gasteiger partial charge in [0.25, 0.3) is 0 Å². The molecule has 0 saturated carbocycles. The minimum atomic E-state index is 0.0229. The van der Waals surface area contributed by atoms with Crippen LogP contribution < -0.4 is 10.6 Å². The lowest BCUT2D eigenvalue weighted by atomic mass is 9.98. The first-order chi connectivity index (χ1) is 10.3. The molecule has 0 radical (unpaired) electrons. The van der Waals surface area contributed by atoms with Crippen molar-refractivity contribution in [3.8, 4) is 0 Å². The molecule has 2 heterocycles. The first kappa shape index (κ1) is 13.7. The third kappa shape index (κ3) is 3.07. The van der Waals surface area contributed by atoms with Crippen LogP contribution in [0.2, 0.25) is 0 Å². The zero-order valence-corrected chi connectivity index (χ0v) is 12.1. The van der Waals surface area contributed by atoms with Crippen molar-refractivity contribution in [3.05, 3.63) is 47.7 Å². The van der Waals surface area contributed by atoms with Crippen LogP contribution >= 0.6 is 0 Å². The van der Waals surface area contributed by atoms with Crippen LogP contribution in [0.3, 0.4) is 0 Å². The van der Waals surface area contributed by atoms with E-state index in [-0.39, 0.29) is 11.8 Å². The number of hydrogen-bond donors (Lipinski definition) is 2. The largest absolute Gasteiger partial charge is 0.444 e. The summed E-state index contributed by atoms with van der Waals surface area (Å²) in [7, 11) is 0. The highest BCUT2D eigenvalue weighted by Crippen LogP contribution is 2.32. The molecule has 1 aromatic carbocycles. The summed E-state index contributed by atoms with van der Waals surface area (Å²) in [6, 6.07) is 8.14. The van der Waals surface area contributed by atoms with E-state index >= 15 is 0 Å². The topological polar surface area (TPSA) is 67.2 Å². The number of anilines is 1. The van der Waals surface area contributed by atoms with Gasteiger partial charge < -0.3 is 15.1 Å². The van der Waals surface area contributed by atoms with Crippen LogP contribution in [0.1, 0.15) is 36.5 Å². The van der Waals surface area contributed by atoms with Crippen molar-refractivity contribution >= 4 is 11.6 Å². The van der Waals surface area contributed by atoms with Gasteiger partial charge >= 0.3 is 0 Å². The van der Waals surface area contributed by atoms with Crippen LogP contribution in [0.15, 0.2) is 34.9 Å². The van der Waals surface area contributed by atoms with Crippen LogP contribution in [0.25, 0.3) is 0 Å². The number of rotatable bonds is 5. The van der Waals surface area contributed by atoms with E-state index < -0.39 is 0 Å². The Morgan fingerprint density at radius 3 is 3.14 bits per heavy atom. The van der Waals surface area contributed by atoms with E-state index in [1.165, 1.54) is 5.56 Å². The van der Waals surface area contributed by atoms with Crippen LogP contribution in [-0.4, -0.2) is 17.4 Å². The molecule has 0 bridgehead atoms. The predicted octanol–water partition coefficient (Wildman–Crippen LogP) is 2.45. The fourth-order valence-corrected chi connectivity index (χ4v) is 2.60. The summed E-state index contributed by atoms with van der Waals surface area (Å²) in [4.78, 5) is 16.2. The fourth-order valence-electron chi connectivity index (χ4n) is 2.60. The van der Waals surface area contributed by atoms with E-state index in [9.17, 15) is 4.79 Å². The maximum Gasteiger partial charge on any atom is 0.221 e. The highest BCUT2D eigenvalue weighted by Gasteiger charge is 2.23. The fraction of sp³-hybridized carbons (Fsp3) is 0.375. The highest BCUT2D eigenvalue weighted by atomic mass is 16.4. The summed E-state index contributed by atoms with van der Waals surface area (Å²) in [6.45, 7) is 3.17. The van der Waals surface area contributed by atoms with E-state index in [2.05, 4.69) is 21.7 Å². The van der Waals surface area contributed by atoms with Crippen molar-refractivity contribution in [1.29, 1.82) is 0 Å². The molecule has 21 heavy (non-hydrogen) atoms. The molecule has 2 N–H and O–H groups in total. The second-order valence-electron chi connectivity index (χ2n) is 5.22. The Bertz CT molecular complexity index is 636. The van der Waals surface area contributed by atoms with Crippen LogP contribution in [0, 0.1) is 0 Å². The minimum Gasteiger partial charge on any atom is -0.444 e. The van der Waals surface area contributed by atoms with Gasteiger partial charge in [0, 0.05) is 31.0 Å². The van der Waals surface area contributed by atoms with Gasteiger partial charge in [-0.25, -0.2) is 4.98 Å². The molecule has 0 aliphatic carbocycles. The van der Waals surface area contributed by atoms with Gasteiger partial charge in [-0.05, 0) is 11.6 Å². The molecule has 1 atom stereocenters. The molecule has 1 aromatic heterocycles. The number of carbonyl (C=O) groups excluding carboxylic acids is 1. The van der Waals surface area contributed by atoms with Gasteiger partial charge in [0.15, 0.2) is 0 Å². The molecule has 1 amide bonds. The van der Waals surface area contributed by atoms with Crippen LogP contribution in [-0.2, 0) is 17.8 Å². The zero-order chi connectivity index (χ0) is 14.7. The normalized spacial score (nSPS) is 16.3. The first-order valence-corrected chi connectivity index (χ1v) is 7.29. The average Bonchev–Trinajstić information content (AvgIpc) is 3.12. The molecule has 2 aromatic rings. The SMILES string of the molecule is CCc1cnc(CNC(=O)CC2CNc3ccccc32)o1. The molecule has 1 aliphatic rings. The van der Waals surface area contributed by atoms with Gasteiger partial charge in [-0.2, -0.15) is 0 Å². The summed E-state index contributed by atoms with van der Waals surface area (Å²) in [6.07, 6.45) is 3.00. The molecule has 1 aliphatic heterocycles. The minimum absolute atomic E-state index is 0.0229. The van der Waals surface area contributed by atoms with Gasteiger partial charge in [0.2, 0.25) is 11.8 Å². The number of para-hydroxylation sites is 1. The van der Waals surface area contributed by atoms with Gasteiger partial charge in [0.1, 0.15) is 5.76 Å². The Balaban J connectivity index is 1.53. The van der Waals surface area contributed by atoms with Crippen molar-refractivity contribution in [2.45, 2.75) is 32.2 Å². The Kier molecular flexibility index (Phi) is 3.90. The average molecular weight is 285 g/mol. The number of aryl methyl sites for hydroxylation is 1. The second-order valence-corrected chi connectivity index (χ2v) is 5.22. The van der Waals surface area contributed by atoms with Crippen molar-refractivity contribution in [1.82, 2.24) is 10.3 Å². The van der Waals surface area contributed by atoms with Gasteiger partial charge in [-0.15, -0.1) is 0 Å². The number of fused-ring (bicyclic) bond motifs is 1. The molecule has 5 nitrogen and oxygen atoms in total. The molecular formula is C16H19N3O2. The monoisotopic (exact) mass is 285 g/mol. The summed E-state index contributed by atoms with van der Waals surface area (Å²) in [5.41, 5.74) is 2.35. The zero-order valence-electron chi connectivity index (χ0n) is 12.1. The molecule has 0 saturated heterocycles. The highest BCUT2D eigenvalue weighted by molar-refractivity contribution is 5.78. The summed E-state index contributed by atoms with van der Waals surface area (Å²) in [5, 5.41) is 6.20. The lowest BCUT2D eigenvalue weighted by Crippen LogP contribution is -2.25. The quantitative estimate of drug-likeness (QED) is 0.885. The first-order valence-electron chi connectivity index (χ1n) is 7.29. The van der Waals surface area contributed by atoms with E-state index in [1.54, 1.807) is 6.20 Å². The smallest absolute Gasteiger partial charge is 0.221 e. The number of benzene rings is 1. The summed E-state index contributed by atoms with van der Waals surface area (Å²) < 4.78 is 5.47. The number of nitrogens with one attached hydrogen (secondary N) is 2. The van der Waals surface area contributed by atoms with E-state index in [4.69, 9.17) is 4.42 Å². The van der Waals surface area contributed by atoms with Crippen molar-refractivity contribution in [3.63, 3.8) is 0 Å². The number of hydrogen-bond acceptors (Lipinski definition) is 4. The number of carbonyl (C=O) groups is 1. The lowest BCUT2D eigenvalue weighted by Gasteiger charge is -2.09. The summed E-state index contributed by atoms with van der Waals surface area (Å²) in [5.74, 6) is 1.66. The van der Waals surface area contributed by atoms with E-state index in [1.807, 2.05) is 25.1 Å². The Labute approximate surface area is 123 Å². The standard InChI is InChI=1S/C16H19N3O2/c1-2-12-9-19-16(21-12)10-18-15(20)7-11-8-17-14-6-4-3-5-13(11)14/h3-6,9,11,17H,2,7-8,10H2,1H3,(H,18,20). The second kappa shape index (κ2) is 5.99. The number of amides is 1.